The van der Waals surface area contributed by atoms with E-state index in [1.165, 1.54) is 12.1 Å². The van der Waals surface area contributed by atoms with Crippen LogP contribution in [0.4, 0.5) is 0 Å². The van der Waals surface area contributed by atoms with Crippen molar-refractivity contribution in [2.45, 2.75) is 47.1 Å². The van der Waals surface area contributed by atoms with Crippen molar-refractivity contribution in [1.29, 1.82) is 0 Å². The number of Topliss-reactive ketones (excluding diaryl/α,β-unsaturated/α-hetero) is 1. The van der Waals surface area contributed by atoms with Crippen molar-refractivity contribution in [3.05, 3.63) is 56.9 Å². The molecule has 0 aliphatic heterocycles. The molecule has 9 heteroatoms. The first-order chi connectivity index (χ1) is 14.6. The lowest BCUT2D eigenvalue weighted by Crippen LogP contribution is -2.43. The number of nitrogens with zero attached hydrogens (tertiary/aromatic N) is 1. The highest BCUT2D eigenvalue weighted by atomic mass is 16.4. The van der Waals surface area contributed by atoms with Gasteiger partial charge in [-0.3, -0.25) is 34.9 Å². The van der Waals surface area contributed by atoms with Crippen LogP contribution in [-0.4, -0.2) is 40.6 Å². The maximum absolute atomic E-state index is 12.5. The number of fused-ring (bicyclic) bond motifs is 1. The number of ketones is 1. The van der Waals surface area contributed by atoms with E-state index in [4.69, 9.17) is 4.42 Å². The average Bonchev–Trinajstić information content (AvgIpc) is 3.17. The van der Waals surface area contributed by atoms with Gasteiger partial charge in [0.25, 0.3) is 11.5 Å². The molecule has 3 rings (SSSR count). The molecule has 2 heterocycles. The number of carbonyl (C=O) groups excluding carboxylic acids is 3. The summed E-state index contributed by atoms with van der Waals surface area (Å²) in [5.74, 6) is -0.917. The minimum Gasteiger partial charge on any atom is -0.454 e. The molecule has 0 aromatic carbocycles. The van der Waals surface area contributed by atoms with Crippen molar-refractivity contribution < 1.29 is 18.8 Å². The SMILES string of the molecule is CCN(CC)Cc1ccc(C(=O)NNC(=O)c2cc3c([nH]c2=O)CC(C)(C)CC3=O)o1. The fourth-order valence-corrected chi connectivity index (χ4v) is 3.69. The second-order valence-electron chi connectivity index (χ2n) is 8.48. The number of nitrogens with one attached hydrogen (secondary N) is 3. The van der Waals surface area contributed by atoms with Crippen LogP contribution < -0.4 is 16.4 Å². The van der Waals surface area contributed by atoms with E-state index in [0.717, 1.165) is 13.1 Å². The number of aromatic amines is 1. The van der Waals surface area contributed by atoms with Crippen LogP contribution in [0.3, 0.4) is 0 Å². The summed E-state index contributed by atoms with van der Waals surface area (Å²) in [7, 11) is 0. The largest absolute Gasteiger partial charge is 0.454 e. The van der Waals surface area contributed by atoms with Crippen LogP contribution in [0.2, 0.25) is 0 Å². The lowest BCUT2D eigenvalue weighted by Gasteiger charge is -2.29. The monoisotopic (exact) mass is 428 g/mol. The Bertz CT molecular complexity index is 1060. The summed E-state index contributed by atoms with van der Waals surface area (Å²) in [5, 5.41) is 0. The van der Waals surface area contributed by atoms with E-state index in [0.29, 0.717) is 36.4 Å². The molecule has 31 heavy (non-hydrogen) atoms. The molecule has 2 aromatic heterocycles. The molecule has 0 fully saturated rings. The van der Waals surface area contributed by atoms with Crippen LogP contribution in [0.25, 0.3) is 0 Å². The summed E-state index contributed by atoms with van der Waals surface area (Å²) in [5.41, 5.74) is 4.21. The molecule has 2 aromatic rings. The molecule has 0 radical (unpaired) electrons. The molecular weight excluding hydrogens is 400 g/mol. The molecule has 9 nitrogen and oxygen atoms in total. The Morgan fingerprint density at radius 2 is 1.77 bits per heavy atom. The first-order valence-electron chi connectivity index (χ1n) is 10.3. The van der Waals surface area contributed by atoms with E-state index >= 15 is 0 Å². The zero-order valence-corrected chi connectivity index (χ0v) is 18.3. The zero-order chi connectivity index (χ0) is 22.8. The maximum atomic E-state index is 12.5. The molecule has 166 valence electrons. The summed E-state index contributed by atoms with van der Waals surface area (Å²) in [4.78, 5) is 54.3. The third-order valence-electron chi connectivity index (χ3n) is 5.41. The molecule has 2 amide bonds. The van der Waals surface area contributed by atoms with Gasteiger partial charge < -0.3 is 9.40 Å². The van der Waals surface area contributed by atoms with Crippen molar-refractivity contribution in [3.8, 4) is 0 Å². The summed E-state index contributed by atoms with van der Waals surface area (Å²) in [6.45, 7) is 10.2. The zero-order valence-electron chi connectivity index (χ0n) is 18.3. The molecule has 0 saturated carbocycles. The Balaban J connectivity index is 1.67. The van der Waals surface area contributed by atoms with Crippen LogP contribution in [0.1, 0.15) is 76.8 Å². The standard InChI is InChI=1S/C22H28N4O5/c1-5-26(6-2)12-13-7-8-18(31-13)21(30)25-24-20(29)15-9-14-16(23-19(15)28)10-22(3,4)11-17(14)27/h7-9H,5-6,10-12H2,1-4H3,(H,23,28)(H,24,29)(H,25,30). The lowest BCUT2D eigenvalue weighted by atomic mass is 9.75. The summed E-state index contributed by atoms with van der Waals surface area (Å²) < 4.78 is 5.53. The maximum Gasteiger partial charge on any atom is 0.305 e. The van der Waals surface area contributed by atoms with E-state index in [9.17, 15) is 19.2 Å². The number of furan rings is 1. The van der Waals surface area contributed by atoms with Gasteiger partial charge in [0.1, 0.15) is 11.3 Å². The second-order valence-corrected chi connectivity index (χ2v) is 8.48. The van der Waals surface area contributed by atoms with E-state index < -0.39 is 17.4 Å². The van der Waals surface area contributed by atoms with Gasteiger partial charge in [-0.25, -0.2) is 0 Å². The predicted molar refractivity (Wildman–Crippen MR) is 114 cm³/mol. The molecule has 3 N–H and O–H groups in total. The lowest BCUT2D eigenvalue weighted by molar-refractivity contribution is 0.0827. The van der Waals surface area contributed by atoms with Gasteiger partial charge in [0.2, 0.25) is 0 Å². The number of amides is 2. The second kappa shape index (κ2) is 8.89. The number of rotatable bonds is 6. The molecule has 1 aliphatic carbocycles. The van der Waals surface area contributed by atoms with Crippen LogP contribution in [0, 0.1) is 5.41 Å². The molecule has 1 aliphatic rings. The minimum atomic E-state index is -0.815. The van der Waals surface area contributed by atoms with Crippen LogP contribution in [-0.2, 0) is 13.0 Å². The smallest absolute Gasteiger partial charge is 0.305 e. The van der Waals surface area contributed by atoms with Gasteiger partial charge in [-0.2, -0.15) is 0 Å². The topological polar surface area (TPSA) is 125 Å². The molecule has 0 bridgehead atoms. The normalized spacial score (nSPS) is 14.9. The molecule has 0 atom stereocenters. The number of H-pyrrole nitrogens is 1. The first-order valence-corrected chi connectivity index (χ1v) is 10.3. The summed E-state index contributed by atoms with van der Waals surface area (Å²) >= 11 is 0. The number of hydrogen-bond acceptors (Lipinski definition) is 6. The van der Waals surface area contributed by atoms with Gasteiger partial charge in [-0.15, -0.1) is 0 Å². The number of aromatic nitrogens is 1. The highest BCUT2D eigenvalue weighted by Gasteiger charge is 2.32. The van der Waals surface area contributed by atoms with Gasteiger partial charge >= 0.3 is 5.91 Å². The number of pyridine rings is 1. The number of hydrazine groups is 1. The summed E-state index contributed by atoms with van der Waals surface area (Å²) in [6.07, 6.45) is 0.869. The van der Waals surface area contributed by atoms with Crippen molar-refractivity contribution in [2.24, 2.45) is 5.41 Å². The van der Waals surface area contributed by atoms with E-state index in [-0.39, 0.29) is 22.5 Å². The van der Waals surface area contributed by atoms with Crippen molar-refractivity contribution in [2.75, 3.05) is 13.1 Å². The minimum absolute atomic E-state index is 0.0409. The van der Waals surface area contributed by atoms with E-state index in [2.05, 4.69) is 20.7 Å². The first kappa shape index (κ1) is 22.5. The Morgan fingerprint density at radius 3 is 2.45 bits per heavy atom. The van der Waals surface area contributed by atoms with E-state index in [1.54, 1.807) is 6.07 Å². The van der Waals surface area contributed by atoms with Gasteiger partial charge in [-0.05, 0) is 43.1 Å². The third kappa shape index (κ3) is 5.11. The molecule has 0 unspecified atom stereocenters. The fourth-order valence-electron chi connectivity index (χ4n) is 3.69. The van der Waals surface area contributed by atoms with Crippen molar-refractivity contribution >= 4 is 17.6 Å². The number of hydrogen-bond donors (Lipinski definition) is 3. The Kier molecular flexibility index (Phi) is 6.45. The van der Waals surface area contributed by atoms with Crippen LogP contribution >= 0.6 is 0 Å². The highest BCUT2D eigenvalue weighted by molar-refractivity contribution is 6.02. The van der Waals surface area contributed by atoms with Crippen LogP contribution in [0.5, 0.6) is 0 Å². The predicted octanol–water partition coefficient (Wildman–Crippen LogP) is 2.04. The van der Waals surface area contributed by atoms with Crippen molar-refractivity contribution in [3.63, 3.8) is 0 Å². The summed E-state index contributed by atoms with van der Waals surface area (Å²) in [6, 6.07) is 4.52. The molecule has 0 spiro atoms. The Hall–Kier alpha value is -3.20. The van der Waals surface area contributed by atoms with E-state index in [1.807, 2.05) is 27.7 Å². The molecule has 0 saturated heterocycles. The Labute approximate surface area is 180 Å². The quantitative estimate of drug-likeness (QED) is 0.605. The van der Waals surface area contributed by atoms with Crippen LogP contribution in [0.15, 0.2) is 27.4 Å². The third-order valence-corrected chi connectivity index (χ3v) is 5.41. The average molecular weight is 428 g/mol. The van der Waals surface area contributed by atoms with Gasteiger partial charge in [0.05, 0.1) is 6.54 Å². The fraction of sp³-hybridized carbons (Fsp3) is 0.455. The number of carbonyl (C=O) groups is 3. The highest BCUT2D eigenvalue weighted by Crippen LogP contribution is 2.33. The van der Waals surface area contributed by atoms with Gasteiger partial charge in [0, 0.05) is 17.7 Å². The van der Waals surface area contributed by atoms with Gasteiger partial charge in [-0.1, -0.05) is 27.7 Å². The van der Waals surface area contributed by atoms with Gasteiger partial charge in [0.15, 0.2) is 11.5 Å². The van der Waals surface area contributed by atoms with Crippen molar-refractivity contribution in [1.82, 2.24) is 20.7 Å². The molecular formula is C22H28N4O5. The Morgan fingerprint density at radius 1 is 1.10 bits per heavy atom.